The maximum Gasteiger partial charge on any atom is 0.194 e. The Kier molecular flexibility index (Phi) is 4.94. The van der Waals surface area contributed by atoms with E-state index in [0.29, 0.717) is 24.6 Å². The second-order valence-electron chi connectivity index (χ2n) is 7.37. The highest BCUT2D eigenvalue weighted by atomic mass is 19.2. The maximum absolute atomic E-state index is 13.4. The van der Waals surface area contributed by atoms with Crippen LogP contribution in [0.25, 0.3) is 0 Å². The molecule has 1 aromatic carbocycles. The van der Waals surface area contributed by atoms with Crippen LogP contribution in [-0.4, -0.2) is 21.4 Å². The fourth-order valence-corrected chi connectivity index (χ4v) is 4.04. The molecule has 0 saturated heterocycles. The highest BCUT2D eigenvalue weighted by molar-refractivity contribution is 5.23. The lowest BCUT2D eigenvalue weighted by atomic mass is 9.88. The van der Waals surface area contributed by atoms with Crippen LogP contribution in [0.1, 0.15) is 60.7 Å². The van der Waals surface area contributed by atoms with E-state index in [1.54, 1.807) is 0 Å². The standard InChI is InChI=1S/C20H22F3N3/c21-16-8-13(9-17(22)19(16)23)11-26-7-6-18-15(12-26)10-24-20(25-18)14-4-2-1-3-5-14/h8-10,14H,1-7,11-12H2. The van der Waals surface area contributed by atoms with Crippen molar-refractivity contribution < 1.29 is 13.2 Å². The molecule has 6 heteroatoms. The molecule has 1 aliphatic carbocycles. The fraction of sp³-hybridized carbons (Fsp3) is 0.500. The van der Waals surface area contributed by atoms with Gasteiger partial charge in [-0.2, -0.15) is 0 Å². The summed E-state index contributed by atoms with van der Waals surface area (Å²) in [6, 6.07) is 2.13. The normalized spacial score (nSPS) is 18.7. The molecule has 2 aliphatic rings. The molecule has 0 N–H and O–H groups in total. The molecule has 2 heterocycles. The van der Waals surface area contributed by atoms with Crippen molar-refractivity contribution in [2.75, 3.05) is 6.54 Å². The number of hydrogen-bond donors (Lipinski definition) is 0. The average Bonchev–Trinajstić information content (AvgIpc) is 2.66. The molecule has 0 radical (unpaired) electrons. The average molecular weight is 361 g/mol. The van der Waals surface area contributed by atoms with Gasteiger partial charge in [-0.3, -0.25) is 4.90 Å². The molecule has 0 unspecified atom stereocenters. The minimum Gasteiger partial charge on any atom is -0.294 e. The Balaban J connectivity index is 1.46. The van der Waals surface area contributed by atoms with E-state index in [9.17, 15) is 13.2 Å². The number of rotatable bonds is 3. The topological polar surface area (TPSA) is 29.0 Å². The van der Waals surface area contributed by atoms with Gasteiger partial charge in [-0.25, -0.2) is 23.1 Å². The van der Waals surface area contributed by atoms with Crippen LogP contribution in [0.2, 0.25) is 0 Å². The molecule has 0 bridgehead atoms. The second kappa shape index (κ2) is 7.35. The Morgan fingerprint density at radius 2 is 1.77 bits per heavy atom. The molecule has 1 saturated carbocycles. The van der Waals surface area contributed by atoms with Gasteiger partial charge in [0, 0.05) is 49.4 Å². The van der Waals surface area contributed by atoms with Gasteiger partial charge in [0.25, 0.3) is 0 Å². The summed E-state index contributed by atoms with van der Waals surface area (Å²) >= 11 is 0. The summed E-state index contributed by atoms with van der Waals surface area (Å²) < 4.78 is 39.9. The number of benzene rings is 1. The van der Waals surface area contributed by atoms with E-state index in [-0.39, 0.29) is 0 Å². The number of halogens is 3. The van der Waals surface area contributed by atoms with E-state index in [0.717, 1.165) is 42.2 Å². The summed E-state index contributed by atoms with van der Waals surface area (Å²) in [5.74, 6) is -2.24. The molecule has 26 heavy (non-hydrogen) atoms. The Morgan fingerprint density at radius 3 is 2.50 bits per heavy atom. The Bertz CT molecular complexity index is 780. The van der Waals surface area contributed by atoms with Crippen LogP contribution in [0.3, 0.4) is 0 Å². The molecule has 1 aromatic heterocycles. The predicted octanol–water partition coefficient (Wildman–Crippen LogP) is 4.50. The van der Waals surface area contributed by atoms with Gasteiger partial charge in [-0.15, -0.1) is 0 Å². The van der Waals surface area contributed by atoms with Crippen molar-refractivity contribution in [1.29, 1.82) is 0 Å². The van der Waals surface area contributed by atoms with Gasteiger partial charge >= 0.3 is 0 Å². The maximum atomic E-state index is 13.4. The van der Waals surface area contributed by atoms with Gasteiger partial charge in [-0.05, 0) is 30.5 Å². The molecule has 4 rings (SSSR count). The zero-order chi connectivity index (χ0) is 18.1. The molecule has 1 fully saturated rings. The summed E-state index contributed by atoms with van der Waals surface area (Å²) in [6.45, 7) is 1.77. The third kappa shape index (κ3) is 3.61. The highest BCUT2D eigenvalue weighted by Gasteiger charge is 2.23. The summed E-state index contributed by atoms with van der Waals surface area (Å²) in [7, 11) is 0. The molecular weight excluding hydrogens is 339 g/mol. The second-order valence-corrected chi connectivity index (χ2v) is 7.37. The summed E-state index contributed by atoms with van der Waals surface area (Å²) in [6.07, 6.45) is 8.86. The zero-order valence-electron chi connectivity index (χ0n) is 14.6. The first-order valence-corrected chi connectivity index (χ1v) is 9.30. The van der Waals surface area contributed by atoms with Crippen molar-refractivity contribution in [2.45, 2.75) is 57.5 Å². The number of aromatic nitrogens is 2. The minimum atomic E-state index is -1.42. The minimum absolute atomic E-state index is 0.373. The molecule has 2 aromatic rings. The third-order valence-corrected chi connectivity index (χ3v) is 5.45. The quantitative estimate of drug-likeness (QED) is 0.754. The molecule has 1 aliphatic heterocycles. The van der Waals surface area contributed by atoms with Crippen LogP contribution < -0.4 is 0 Å². The van der Waals surface area contributed by atoms with Crippen LogP contribution in [0, 0.1) is 17.5 Å². The fourth-order valence-electron chi connectivity index (χ4n) is 4.04. The predicted molar refractivity (Wildman–Crippen MR) is 92.0 cm³/mol. The number of hydrogen-bond acceptors (Lipinski definition) is 3. The Morgan fingerprint density at radius 1 is 1.04 bits per heavy atom. The molecule has 3 nitrogen and oxygen atoms in total. The van der Waals surface area contributed by atoms with Crippen LogP contribution in [-0.2, 0) is 19.5 Å². The van der Waals surface area contributed by atoms with E-state index in [1.165, 1.54) is 32.1 Å². The lowest BCUT2D eigenvalue weighted by Gasteiger charge is -2.29. The SMILES string of the molecule is Fc1cc(CN2CCc3nc(C4CCCCC4)ncc3C2)cc(F)c1F. The lowest BCUT2D eigenvalue weighted by molar-refractivity contribution is 0.241. The molecule has 138 valence electrons. The van der Waals surface area contributed by atoms with E-state index < -0.39 is 17.5 Å². The van der Waals surface area contributed by atoms with Gasteiger partial charge < -0.3 is 0 Å². The molecular formula is C20H22F3N3. The van der Waals surface area contributed by atoms with E-state index in [2.05, 4.69) is 9.88 Å². The van der Waals surface area contributed by atoms with Crippen molar-refractivity contribution in [1.82, 2.24) is 14.9 Å². The smallest absolute Gasteiger partial charge is 0.194 e. The van der Waals surface area contributed by atoms with Crippen molar-refractivity contribution >= 4 is 0 Å². The lowest BCUT2D eigenvalue weighted by Crippen LogP contribution is -2.31. The van der Waals surface area contributed by atoms with Crippen molar-refractivity contribution in [3.05, 3.63) is 58.4 Å². The number of fused-ring (bicyclic) bond motifs is 1. The van der Waals surface area contributed by atoms with Crippen LogP contribution in [0.4, 0.5) is 13.2 Å². The summed E-state index contributed by atoms with van der Waals surface area (Å²) in [5.41, 5.74) is 2.59. The Hall–Kier alpha value is -1.95. The van der Waals surface area contributed by atoms with Gasteiger partial charge in [0.2, 0.25) is 0 Å². The monoisotopic (exact) mass is 361 g/mol. The van der Waals surface area contributed by atoms with Gasteiger partial charge in [-0.1, -0.05) is 19.3 Å². The number of nitrogens with zero attached hydrogens (tertiary/aromatic N) is 3. The third-order valence-electron chi connectivity index (χ3n) is 5.45. The van der Waals surface area contributed by atoms with Crippen molar-refractivity contribution in [3.63, 3.8) is 0 Å². The van der Waals surface area contributed by atoms with Gasteiger partial charge in [0.05, 0.1) is 0 Å². The summed E-state index contributed by atoms with van der Waals surface area (Å²) in [4.78, 5) is 11.5. The van der Waals surface area contributed by atoms with E-state index in [4.69, 9.17) is 4.98 Å². The van der Waals surface area contributed by atoms with Gasteiger partial charge in [0.15, 0.2) is 17.5 Å². The van der Waals surface area contributed by atoms with Crippen LogP contribution in [0.5, 0.6) is 0 Å². The van der Waals surface area contributed by atoms with E-state index in [1.807, 2.05) is 6.20 Å². The van der Waals surface area contributed by atoms with Crippen LogP contribution in [0.15, 0.2) is 18.3 Å². The van der Waals surface area contributed by atoms with Crippen molar-refractivity contribution in [3.8, 4) is 0 Å². The molecule has 0 spiro atoms. The largest absolute Gasteiger partial charge is 0.294 e. The summed E-state index contributed by atoms with van der Waals surface area (Å²) in [5, 5.41) is 0. The highest BCUT2D eigenvalue weighted by Crippen LogP contribution is 2.31. The molecule has 0 amide bonds. The first kappa shape index (κ1) is 17.5. The zero-order valence-corrected chi connectivity index (χ0v) is 14.6. The molecule has 0 atom stereocenters. The van der Waals surface area contributed by atoms with Gasteiger partial charge in [0.1, 0.15) is 5.82 Å². The van der Waals surface area contributed by atoms with Crippen molar-refractivity contribution in [2.24, 2.45) is 0 Å². The first-order valence-electron chi connectivity index (χ1n) is 9.30. The van der Waals surface area contributed by atoms with Crippen LogP contribution >= 0.6 is 0 Å². The first-order chi connectivity index (χ1) is 12.6. The van der Waals surface area contributed by atoms with E-state index >= 15 is 0 Å². The Labute approximate surface area is 151 Å².